The van der Waals surface area contributed by atoms with Gasteiger partial charge in [-0.25, -0.2) is 0 Å². The van der Waals surface area contributed by atoms with Gasteiger partial charge in [-0.1, -0.05) is 53.2 Å². The summed E-state index contributed by atoms with van der Waals surface area (Å²) in [6, 6.07) is 4.24. The molecule has 0 heterocycles. The molecule has 1 nitrogen and oxygen atoms in total. The van der Waals surface area contributed by atoms with Crippen LogP contribution in [0.1, 0.15) is 82.9 Å². The van der Waals surface area contributed by atoms with Gasteiger partial charge in [0.05, 0.1) is 0 Å². The van der Waals surface area contributed by atoms with E-state index in [1.54, 1.807) is 0 Å². The van der Waals surface area contributed by atoms with Crippen molar-refractivity contribution >= 4 is 0 Å². The molecule has 0 amide bonds. The Morgan fingerprint density at radius 1 is 1.14 bits per heavy atom. The molecule has 0 aliphatic heterocycles. The summed E-state index contributed by atoms with van der Waals surface area (Å²) < 4.78 is 0. The lowest BCUT2D eigenvalue weighted by molar-refractivity contribution is -0.271. The van der Waals surface area contributed by atoms with Crippen LogP contribution in [-0.4, -0.2) is 0 Å². The standard InChI is InChI=1S/C20H30O/c1-13(2)15-11-14-7-8-17-19(3,4)9-6-10-20(17,5)18(14)16(21)12-15/h11-13,17,21H,6-10H2,1-5H3/p-1/t17-,20-/m0/s1. The number of hydrogen-bond donors (Lipinski definition) is 0. The number of fused-ring (bicyclic) bond motifs is 3. The van der Waals surface area contributed by atoms with Crippen LogP contribution < -0.4 is 5.11 Å². The molecule has 1 fully saturated rings. The van der Waals surface area contributed by atoms with E-state index in [4.69, 9.17) is 0 Å². The van der Waals surface area contributed by atoms with Crippen molar-refractivity contribution < 1.29 is 5.11 Å². The van der Waals surface area contributed by atoms with Crippen LogP contribution in [0.4, 0.5) is 0 Å². The van der Waals surface area contributed by atoms with Crippen molar-refractivity contribution in [3.8, 4) is 5.75 Å². The predicted molar refractivity (Wildman–Crippen MR) is 86.8 cm³/mol. The van der Waals surface area contributed by atoms with Gasteiger partial charge in [-0.2, -0.15) is 0 Å². The molecule has 1 aromatic rings. The van der Waals surface area contributed by atoms with Gasteiger partial charge in [-0.05, 0) is 65.0 Å². The summed E-state index contributed by atoms with van der Waals surface area (Å²) in [6.45, 7) is 11.5. The first-order valence-electron chi connectivity index (χ1n) is 8.60. The number of benzene rings is 1. The maximum Gasteiger partial charge on any atom is -0.00452 e. The maximum atomic E-state index is 12.9. The predicted octanol–water partition coefficient (Wildman–Crippen LogP) is 4.91. The number of aryl methyl sites for hydroxylation is 1. The molecule has 0 unspecified atom stereocenters. The van der Waals surface area contributed by atoms with Crippen molar-refractivity contribution in [2.75, 3.05) is 0 Å². The van der Waals surface area contributed by atoms with Crippen molar-refractivity contribution in [3.05, 3.63) is 28.8 Å². The molecule has 0 N–H and O–H groups in total. The molecule has 0 saturated heterocycles. The van der Waals surface area contributed by atoms with Crippen LogP contribution in [0.3, 0.4) is 0 Å². The molecule has 2 aliphatic carbocycles. The molecule has 0 aromatic heterocycles. The van der Waals surface area contributed by atoms with E-state index in [2.05, 4.69) is 40.7 Å². The third kappa shape index (κ3) is 2.20. The first-order chi connectivity index (χ1) is 9.75. The summed E-state index contributed by atoms with van der Waals surface area (Å²) in [6.07, 6.45) is 6.09. The lowest BCUT2D eigenvalue weighted by atomic mass is 9.50. The lowest BCUT2D eigenvalue weighted by Gasteiger charge is -2.55. The van der Waals surface area contributed by atoms with E-state index in [0.29, 0.717) is 23.0 Å². The molecule has 21 heavy (non-hydrogen) atoms. The van der Waals surface area contributed by atoms with Gasteiger partial charge in [0.2, 0.25) is 0 Å². The van der Waals surface area contributed by atoms with E-state index < -0.39 is 0 Å². The van der Waals surface area contributed by atoms with Gasteiger partial charge in [-0.3, -0.25) is 0 Å². The average molecular weight is 285 g/mol. The SMILES string of the molecule is CC(C)c1cc([O-])c2c(c1)CC[C@H]1C(C)(C)CCC[C@]21C. The Bertz CT molecular complexity index is 555. The molecule has 2 atom stereocenters. The summed E-state index contributed by atoms with van der Waals surface area (Å²) in [5.41, 5.74) is 4.20. The Morgan fingerprint density at radius 3 is 2.52 bits per heavy atom. The zero-order chi connectivity index (χ0) is 15.4. The second-order valence-electron chi connectivity index (χ2n) is 8.56. The average Bonchev–Trinajstić information content (AvgIpc) is 2.36. The summed E-state index contributed by atoms with van der Waals surface area (Å²) in [4.78, 5) is 0. The molecular weight excluding hydrogens is 256 g/mol. The monoisotopic (exact) mass is 285 g/mol. The number of hydrogen-bond acceptors (Lipinski definition) is 1. The Labute approximate surface area is 129 Å². The fourth-order valence-corrected chi connectivity index (χ4v) is 5.31. The van der Waals surface area contributed by atoms with Gasteiger partial charge in [0.15, 0.2) is 0 Å². The molecule has 1 aromatic carbocycles. The van der Waals surface area contributed by atoms with Crippen LogP contribution in [0.15, 0.2) is 12.1 Å². The highest BCUT2D eigenvalue weighted by Gasteiger charge is 2.49. The molecule has 2 aliphatic rings. The highest BCUT2D eigenvalue weighted by molar-refractivity contribution is 5.50. The highest BCUT2D eigenvalue weighted by atomic mass is 16.3. The summed E-state index contributed by atoms with van der Waals surface area (Å²) in [5.74, 6) is 1.40. The van der Waals surface area contributed by atoms with Crippen LogP contribution in [0, 0.1) is 11.3 Å². The molecule has 0 radical (unpaired) electrons. The normalized spacial score (nSPS) is 30.9. The second kappa shape index (κ2) is 4.76. The highest BCUT2D eigenvalue weighted by Crippen LogP contribution is 2.58. The summed E-state index contributed by atoms with van der Waals surface area (Å²) in [5, 5.41) is 12.9. The van der Waals surface area contributed by atoms with Crippen LogP contribution in [0.2, 0.25) is 0 Å². The van der Waals surface area contributed by atoms with E-state index in [1.807, 2.05) is 6.07 Å². The van der Waals surface area contributed by atoms with Crippen LogP contribution in [0.5, 0.6) is 5.75 Å². The molecule has 0 bridgehead atoms. The van der Waals surface area contributed by atoms with E-state index in [0.717, 1.165) is 12.0 Å². The molecule has 3 rings (SSSR count). The van der Waals surface area contributed by atoms with E-state index in [9.17, 15) is 5.11 Å². The number of rotatable bonds is 1. The van der Waals surface area contributed by atoms with Crippen molar-refractivity contribution in [1.29, 1.82) is 0 Å². The zero-order valence-electron chi connectivity index (χ0n) is 14.3. The van der Waals surface area contributed by atoms with E-state index in [1.165, 1.54) is 36.8 Å². The largest absolute Gasteiger partial charge is 0.872 e. The second-order valence-corrected chi connectivity index (χ2v) is 8.56. The van der Waals surface area contributed by atoms with E-state index in [-0.39, 0.29) is 5.41 Å². The Balaban J connectivity index is 2.14. The quantitative estimate of drug-likeness (QED) is 0.718. The Kier molecular flexibility index (Phi) is 3.39. The Hall–Kier alpha value is -0.980. The summed E-state index contributed by atoms with van der Waals surface area (Å²) >= 11 is 0. The van der Waals surface area contributed by atoms with Gasteiger partial charge in [-0.15, -0.1) is 5.75 Å². The molecule has 0 spiro atoms. The van der Waals surface area contributed by atoms with Gasteiger partial charge in [0.25, 0.3) is 0 Å². The fraction of sp³-hybridized carbons (Fsp3) is 0.700. The first kappa shape index (κ1) is 14.9. The Morgan fingerprint density at radius 2 is 1.86 bits per heavy atom. The minimum Gasteiger partial charge on any atom is -0.872 e. The maximum absolute atomic E-state index is 12.9. The summed E-state index contributed by atoms with van der Waals surface area (Å²) in [7, 11) is 0. The van der Waals surface area contributed by atoms with Crippen LogP contribution >= 0.6 is 0 Å². The van der Waals surface area contributed by atoms with E-state index >= 15 is 0 Å². The molecule has 1 saturated carbocycles. The van der Waals surface area contributed by atoms with Crippen molar-refractivity contribution in [3.63, 3.8) is 0 Å². The van der Waals surface area contributed by atoms with Crippen LogP contribution in [0.25, 0.3) is 0 Å². The third-order valence-electron chi connectivity index (χ3n) is 6.38. The molecular formula is C20H29O-. The first-order valence-corrected chi connectivity index (χ1v) is 8.60. The van der Waals surface area contributed by atoms with Crippen molar-refractivity contribution in [1.82, 2.24) is 0 Å². The zero-order valence-corrected chi connectivity index (χ0v) is 14.3. The smallest absolute Gasteiger partial charge is 0.00452 e. The van der Waals surface area contributed by atoms with Gasteiger partial charge in [0, 0.05) is 0 Å². The van der Waals surface area contributed by atoms with Crippen molar-refractivity contribution in [2.24, 2.45) is 11.3 Å². The minimum absolute atomic E-state index is 0.0991. The topological polar surface area (TPSA) is 23.1 Å². The fourth-order valence-electron chi connectivity index (χ4n) is 5.31. The lowest BCUT2D eigenvalue weighted by Crippen LogP contribution is -2.48. The van der Waals surface area contributed by atoms with Crippen molar-refractivity contribution in [2.45, 2.75) is 78.1 Å². The minimum atomic E-state index is 0.0991. The van der Waals surface area contributed by atoms with Crippen LogP contribution in [-0.2, 0) is 11.8 Å². The third-order valence-corrected chi connectivity index (χ3v) is 6.38. The van der Waals surface area contributed by atoms with Gasteiger partial charge >= 0.3 is 0 Å². The van der Waals surface area contributed by atoms with Gasteiger partial charge < -0.3 is 5.11 Å². The molecule has 1 heteroatoms. The van der Waals surface area contributed by atoms with Gasteiger partial charge in [0.1, 0.15) is 0 Å². The molecule has 116 valence electrons.